The molecule has 0 saturated heterocycles. The molecule has 0 aliphatic heterocycles. The van der Waals surface area contributed by atoms with Crippen LogP contribution in [0.25, 0.3) is 10.8 Å². The lowest BCUT2D eigenvalue weighted by molar-refractivity contribution is 0.0950. The predicted octanol–water partition coefficient (Wildman–Crippen LogP) is 3.16. The van der Waals surface area contributed by atoms with E-state index in [-0.39, 0.29) is 18.0 Å². The number of H-pyrrole nitrogens is 1. The number of nitrogens with one attached hydrogen (secondary N) is 2. The number of nitrogens with zero attached hydrogens (tertiary/aromatic N) is 1. The standard InChI is InChI=1S/C16H11Cl2N3O2/c17-12-6-5-9(7-13(12)18)15(22)19-8-14-10-3-1-2-4-11(10)16(23)21-20-14/h1-7H,8H2,(H,19,22)(H,21,23). The fourth-order valence-corrected chi connectivity index (χ4v) is 2.51. The molecule has 0 aliphatic rings. The molecule has 1 heterocycles. The van der Waals surface area contributed by atoms with Crippen LogP contribution in [-0.2, 0) is 6.54 Å². The first kappa shape index (κ1) is 15.5. The molecule has 5 nitrogen and oxygen atoms in total. The van der Waals surface area contributed by atoms with Crippen molar-refractivity contribution in [3.8, 4) is 0 Å². The molecule has 0 atom stereocenters. The fourth-order valence-electron chi connectivity index (χ4n) is 2.21. The van der Waals surface area contributed by atoms with Crippen LogP contribution in [0.5, 0.6) is 0 Å². The summed E-state index contributed by atoms with van der Waals surface area (Å²) >= 11 is 11.7. The summed E-state index contributed by atoms with van der Waals surface area (Å²) in [6.07, 6.45) is 0. The Morgan fingerprint density at radius 3 is 2.57 bits per heavy atom. The van der Waals surface area contributed by atoms with E-state index in [1.54, 1.807) is 30.3 Å². The molecule has 7 heteroatoms. The summed E-state index contributed by atoms with van der Waals surface area (Å²) in [7, 11) is 0. The number of benzene rings is 2. The Morgan fingerprint density at radius 1 is 1.09 bits per heavy atom. The van der Waals surface area contributed by atoms with Gasteiger partial charge in [-0.2, -0.15) is 5.10 Å². The van der Waals surface area contributed by atoms with Gasteiger partial charge in [-0.15, -0.1) is 0 Å². The Labute approximate surface area is 141 Å². The molecule has 23 heavy (non-hydrogen) atoms. The topological polar surface area (TPSA) is 74.8 Å². The third-order valence-electron chi connectivity index (χ3n) is 3.37. The van der Waals surface area contributed by atoms with Gasteiger partial charge in [0.2, 0.25) is 0 Å². The number of hydrogen-bond donors (Lipinski definition) is 2. The molecule has 2 N–H and O–H groups in total. The van der Waals surface area contributed by atoms with Gasteiger partial charge in [-0.1, -0.05) is 41.4 Å². The van der Waals surface area contributed by atoms with E-state index in [0.29, 0.717) is 32.1 Å². The molecule has 0 aliphatic carbocycles. The molecule has 3 rings (SSSR count). The zero-order chi connectivity index (χ0) is 16.4. The van der Waals surface area contributed by atoms with Crippen LogP contribution in [-0.4, -0.2) is 16.1 Å². The van der Waals surface area contributed by atoms with Crippen LogP contribution in [0, 0.1) is 0 Å². The predicted molar refractivity (Wildman–Crippen MR) is 90.0 cm³/mol. The molecule has 0 radical (unpaired) electrons. The fraction of sp³-hybridized carbons (Fsp3) is 0.0625. The van der Waals surface area contributed by atoms with Crippen LogP contribution in [0.15, 0.2) is 47.3 Å². The van der Waals surface area contributed by atoms with Crippen molar-refractivity contribution in [1.29, 1.82) is 0 Å². The molecule has 0 unspecified atom stereocenters. The van der Waals surface area contributed by atoms with E-state index >= 15 is 0 Å². The first-order valence-electron chi connectivity index (χ1n) is 6.76. The van der Waals surface area contributed by atoms with Gasteiger partial charge >= 0.3 is 0 Å². The molecule has 1 aromatic heterocycles. The lowest BCUT2D eigenvalue weighted by atomic mass is 10.1. The Bertz CT molecular complexity index is 953. The molecule has 3 aromatic rings. The molecule has 1 amide bonds. The summed E-state index contributed by atoms with van der Waals surface area (Å²) in [4.78, 5) is 23.9. The molecule has 116 valence electrons. The molecule has 0 saturated carbocycles. The van der Waals surface area contributed by atoms with Crippen molar-refractivity contribution in [2.24, 2.45) is 0 Å². The van der Waals surface area contributed by atoms with Crippen molar-refractivity contribution >= 4 is 39.9 Å². The Kier molecular flexibility index (Phi) is 4.32. The zero-order valence-corrected chi connectivity index (χ0v) is 13.3. The van der Waals surface area contributed by atoms with Crippen LogP contribution in [0.1, 0.15) is 16.1 Å². The van der Waals surface area contributed by atoms with Crippen LogP contribution >= 0.6 is 23.2 Å². The largest absolute Gasteiger partial charge is 0.346 e. The van der Waals surface area contributed by atoms with Crippen molar-refractivity contribution in [2.75, 3.05) is 0 Å². The monoisotopic (exact) mass is 347 g/mol. The number of halogens is 2. The van der Waals surface area contributed by atoms with Crippen molar-refractivity contribution in [2.45, 2.75) is 6.54 Å². The minimum Gasteiger partial charge on any atom is -0.346 e. The number of rotatable bonds is 3. The van der Waals surface area contributed by atoms with Gasteiger partial charge in [0.25, 0.3) is 11.5 Å². The average molecular weight is 348 g/mol. The molecule has 0 fully saturated rings. The molecular formula is C16H11Cl2N3O2. The second kappa shape index (κ2) is 6.40. The van der Waals surface area contributed by atoms with Crippen molar-refractivity contribution in [3.05, 3.63) is 74.1 Å². The van der Waals surface area contributed by atoms with E-state index in [0.717, 1.165) is 0 Å². The van der Waals surface area contributed by atoms with E-state index in [1.165, 1.54) is 6.07 Å². The normalized spacial score (nSPS) is 10.7. The van der Waals surface area contributed by atoms with Crippen LogP contribution in [0.2, 0.25) is 10.0 Å². The van der Waals surface area contributed by atoms with E-state index in [2.05, 4.69) is 15.5 Å². The average Bonchev–Trinajstić information content (AvgIpc) is 2.57. The lowest BCUT2D eigenvalue weighted by Crippen LogP contribution is -2.24. The third-order valence-corrected chi connectivity index (χ3v) is 4.11. The van der Waals surface area contributed by atoms with E-state index in [4.69, 9.17) is 23.2 Å². The summed E-state index contributed by atoms with van der Waals surface area (Å²) in [5.74, 6) is -0.305. The number of carbonyl (C=O) groups excluding carboxylic acids is 1. The maximum atomic E-state index is 12.2. The summed E-state index contributed by atoms with van der Waals surface area (Å²) in [5.41, 5.74) is 0.710. The second-order valence-electron chi connectivity index (χ2n) is 4.86. The van der Waals surface area contributed by atoms with E-state index < -0.39 is 0 Å². The van der Waals surface area contributed by atoms with Crippen LogP contribution < -0.4 is 10.9 Å². The Hall–Kier alpha value is -2.37. The van der Waals surface area contributed by atoms with Gasteiger partial charge in [0.15, 0.2) is 0 Å². The van der Waals surface area contributed by atoms with Crippen molar-refractivity contribution < 1.29 is 4.79 Å². The minimum atomic E-state index is -0.305. The van der Waals surface area contributed by atoms with Crippen LogP contribution in [0.4, 0.5) is 0 Å². The number of hydrogen-bond acceptors (Lipinski definition) is 3. The first-order chi connectivity index (χ1) is 11.1. The van der Waals surface area contributed by atoms with E-state index in [1.807, 2.05) is 6.07 Å². The first-order valence-corrected chi connectivity index (χ1v) is 7.51. The van der Waals surface area contributed by atoms with Gasteiger partial charge in [-0.3, -0.25) is 9.59 Å². The zero-order valence-electron chi connectivity index (χ0n) is 11.8. The van der Waals surface area contributed by atoms with E-state index in [9.17, 15) is 9.59 Å². The molecular weight excluding hydrogens is 337 g/mol. The molecule has 0 bridgehead atoms. The summed E-state index contributed by atoms with van der Waals surface area (Å²) in [6.45, 7) is 0.177. The highest BCUT2D eigenvalue weighted by atomic mass is 35.5. The highest BCUT2D eigenvalue weighted by Crippen LogP contribution is 2.22. The Balaban J connectivity index is 1.83. The van der Waals surface area contributed by atoms with Gasteiger partial charge in [0.1, 0.15) is 0 Å². The summed E-state index contributed by atoms with van der Waals surface area (Å²) < 4.78 is 0. The Morgan fingerprint density at radius 2 is 1.83 bits per heavy atom. The van der Waals surface area contributed by atoms with Crippen molar-refractivity contribution in [3.63, 3.8) is 0 Å². The van der Waals surface area contributed by atoms with Crippen LogP contribution in [0.3, 0.4) is 0 Å². The van der Waals surface area contributed by atoms with Gasteiger partial charge in [0.05, 0.1) is 27.7 Å². The molecule has 0 spiro atoms. The highest BCUT2D eigenvalue weighted by Gasteiger charge is 2.10. The highest BCUT2D eigenvalue weighted by molar-refractivity contribution is 6.42. The SMILES string of the molecule is O=C(NCc1n[nH]c(=O)c2ccccc12)c1ccc(Cl)c(Cl)c1. The minimum absolute atomic E-state index is 0.177. The number of aromatic nitrogens is 2. The quantitative estimate of drug-likeness (QED) is 0.764. The smallest absolute Gasteiger partial charge is 0.272 e. The maximum Gasteiger partial charge on any atom is 0.272 e. The lowest BCUT2D eigenvalue weighted by Gasteiger charge is -2.07. The maximum absolute atomic E-state index is 12.2. The van der Waals surface area contributed by atoms with Gasteiger partial charge in [-0.25, -0.2) is 5.10 Å². The van der Waals surface area contributed by atoms with Gasteiger partial charge in [0, 0.05) is 10.9 Å². The molecule has 2 aromatic carbocycles. The number of aromatic amines is 1. The summed E-state index contributed by atoms with van der Waals surface area (Å²) in [5, 5.41) is 11.1. The second-order valence-corrected chi connectivity index (χ2v) is 5.67. The third kappa shape index (κ3) is 3.21. The number of fused-ring (bicyclic) bond motifs is 1. The number of carbonyl (C=O) groups is 1. The number of amides is 1. The van der Waals surface area contributed by atoms with Gasteiger partial charge < -0.3 is 5.32 Å². The summed E-state index contributed by atoms with van der Waals surface area (Å²) in [6, 6.07) is 11.7. The van der Waals surface area contributed by atoms with Crippen molar-refractivity contribution in [1.82, 2.24) is 15.5 Å². The van der Waals surface area contributed by atoms with Gasteiger partial charge in [-0.05, 0) is 24.3 Å².